The Morgan fingerprint density at radius 2 is 1.90 bits per heavy atom. The molecule has 0 aliphatic heterocycles. The molecule has 0 spiro atoms. The highest BCUT2D eigenvalue weighted by molar-refractivity contribution is 6.24. The molecule has 0 bridgehead atoms. The number of ether oxygens (including phenoxy) is 1. The lowest BCUT2D eigenvalue weighted by atomic mass is 9.57. The summed E-state index contributed by atoms with van der Waals surface area (Å²) >= 11 is 0. The fourth-order valence-electron chi connectivity index (χ4n) is 6.35. The molecule has 0 radical (unpaired) electrons. The van der Waals surface area contributed by atoms with Crippen LogP contribution in [0, 0.1) is 23.1 Å². The first-order valence-electron chi connectivity index (χ1n) is 12.8. The van der Waals surface area contributed by atoms with Crippen molar-refractivity contribution in [2.45, 2.75) is 51.8 Å². The van der Waals surface area contributed by atoms with Gasteiger partial charge in [-0.2, -0.15) is 0 Å². The molecule has 4 rings (SSSR count). The number of Topliss-reactive ketones (excluding diaryl/α,β-unsaturated/α-hetero) is 2. The number of benzene rings is 1. The molecule has 11 heteroatoms. The lowest BCUT2D eigenvalue weighted by molar-refractivity contribution is -0.159. The molecule has 10 nitrogen and oxygen atoms in total. The SMILES string of the molecule is CO[C@]12C(=O)C3=C(O)c4c(O)c(CNCC(C)(C)C)cc(F)c4C[C@H]3C[C@H]1[C@H](N(C)C)C(=O)C(C(N)=O)=C2O. The number of rotatable bonds is 6. The van der Waals surface area contributed by atoms with Crippen molar-refractivity contribution in [1.82, 2.24) is 10.2 Å². The molecule has 0 saturated heterocycles. The van der Waals surface area contributed by atoms with Gasteiger partial charge in [0.25, 0.3) is 5.91 Å². The molecule has 1 saturated carbocycles. The van der Waals surface area contributed by atoms with Gasteiger partial charge in [0, 0.05) is 42.8 Å². The van der Waals surface area contributed by atoms with Crippen molar-refractivity contribution in [3.63, 3.8) is 0 Å². The highest BCUT2D eigenvalue weighted by atomic mass is 19.1. The number of likely N-dealkylation sites (N-methyl/N-ethyl adjacent to an activating group) is 1. The van der Waals surface area contributed by atoms with E-state index < -0.39 is 63.9 Å². The van der Waals surface area contributed by atoms with E-state index in [-0.39, 0.29) is 52.8 Å². The molecule has 1 aromatic carbocycles. The standard InChI is InChI=1S/C28H36FN3O7/c1-27(2,3)11-31-10-13-9-16(29)14-7-12-8-15-20(32(4)5)23(35)19(26(30)38)25(37)28(15,39-6)24(36)17(12)22(34)18(14)21(13)33/h9,12,15,20,31,33-34,37H,7-8,10-11H2,1-6H3,(H2,30,38)/t12-,15-,20-,28-/m0/s1. The van der Waals surface area contributed by atoms with E-state index >= 15 is 4.39 Å². The van der Waals surface area contributed by atoms with Gasteiger partial charge in [-0.3, -0.25) is 19.3 Å². The van der Waals surface area contributed by atoms with Crippen LogP contribution in [0.5, 0.6) is 5.75 Å². The number of aromatic hydroxyl groups is 1. The van der Waals surface area contributed by atoms with Crippen LogP contribution in [0.4, 0.5) is 4.39 Å². The third kappa shape index (κ3) is 4.32. The van der Waals surface area contributed by atoms with Crippen molar-refractivity contribution in [3.8, 4) is 5.75 Å². The van der Waals surface area contributed by atoms with Gasteiger partial charge in [-0.05, 0) is 44.3 Å². The molecule has 1 aromatic rings. The number of nitrogens with zero attached hydrogens (tertiary/aromatic N) is 1. The van der Waals surface area contributed by atoms with Gasteiger partial charge in [0.1, 0.15) is 28.7 Å². The minimum Gasteiger partial charge on any atom is -0.508 e. The second kappa shape index (κ2) is 9.72. The first-order valence-corrected chi connectivity index (χ1v) is 12.8. The van der Waals surface area contributed by atoms with E-state index in [1.54, 1.807) is 14.1 Å². The number of nitrogens with one attached hydrogen (secondary N) is 1. The molecular weight excluding hydrogens is 509 g/mol. The summed E-state index contributed by atoms with van der Waals surface area (Å²) in [6.45, 7) is 6.75. The van der Waals surface area contributed by atoms with Gasteiger partial charge in [-0.15, -0.1) is 0 Å². The highest BCUT2D eigenvalue weighted by Gasteiger charge is 2.65. The fraction of sp³-hybridized carbons (Fsp3) is 0.536. The number of phenols is 1. The van der Waals surface area contributed by atoms with E-state index in [2.05, 4.69) is 5.32 Å². The molecule has 1 amide bonds. The minimum absolute atomic E-state index is 0.0344. The highest BCUT2D eigenvalue weighted by Crippen LogP contribution is 2.54. The number of nitrogens with two attached hydrogens (primary N) is 1. The quantitative estimate of drug-likeness (QED) is 0.336. The molecule has 4 atom stereocenters. The van der Waals surface area contributed by atoms with Crippen LogP contribution in [0.1, 0.15) is 43.9 Å². The zero-order chi connectivity index (χ0) is 29.2. The van der Waals surface area contributed by atoms with Crippen LogP contribution in [0.25, 0.3) is 5.76 Å². The van der Waals surface area contributed by atoms with Gasteiger partial charge in [0.05, 0.1) is 11.6 Å². The van der Waals surface area contributed by atoms with Crippen molar-refractivity contribution in [1.29, 1.82) is 0 Å². The fourth-order valence-corrected chi connectivity index (χ4v) is 6.35. The number of primary amides is 1. The van der Waals surface area contributed by atoms with Crippen LogP contribution in [0.2, 0.25) is 0 Å². The van der Waals surface area contributed by atoms with Gasteiger partial charge in [-0.1, -0.05) is 20.8 Å². The number of ketones is 2. The Hall–Kier alpha value is -3.28. The first kappa shape index (κ1) is 28.7. The van der Waals surface area contributed by atoms with Crippen LogP contribution < -0.4 is 11.1 Å². The number of fused-ring (bicyclic) bond motifs is 3. The summed E-state index contributed by atoms with van der Waals surface area (Å²) in [7, 11) is 4.33. The Kier molecular flexibility index (Phi) is 7.16. The number of hydrogen-bond donors (Lipinski definition) is 5. The van der Waals surface area contributed by atoms with Gasteiger partial charge in [0.15, 0.2) is 11.4 Å². The Bertz CT molecular complexity index is 1330. The summed E-state index contributed by atoms with van der Waals surface area (Å²) in [6, 6.07) is 0.152. The molecule has 0 aromatic heterocycles. The molecule has 39 heavy (non-hydrogen) atoms. The maximum absolute atomic E-state index is 15.4. The van der Waals surface area contributed by atoms with Gasteiger partial charge < -0.3 is 31.1 Å². The number of carbonyl (C=O) groups is 3. The maximum Gasteiger partial charge on any atom is 0.255 e. The van der Waals surface area contributed by atoms with E-state index in [0.29, 0.717) is 6.54 Å². The topological polar surface area (TPSA) is 162 Å². The second-order valence-corrected chi connectivity index (χ2v) is 12.0. The summed E-state index contributed by atoms with van der Waals surface area (Å²) in [5.74, 6) is -7.08. The van der Waals surface area contributed by atoms with Crippen molar-refractivity contribution in [2.24, 2.45) is 23.0 Å². The van der Waals surface area contributed by atoms with E-state index in [1.165, 1.54) is 11.0 Å². The van der Waals surface area contributed by atoms with E-state index in [9.17, 15) is 29.7 Å². The Morgan fingerprint density at radius 3 is 2.44 bits per heavy atom. The molecule has 6 N–H and O–H groups in total. The lowest BCUT2D eigenvalue weighted by Crippen LogP contribution is -2.66. The van der Waals surface area contributed by atoms with E-state index in [4.69, 9.17) is 10.5 Å². The minimum atomic E-state index is -2.19. The number of phenolic OH excluding ortho intramolecular Hbond substituents is 1. The van der Waals surface area contributed by atoms with Crippen LogP contribution >= 0.6 is 0 Å². The monoisotopic (exact) mass is 545 g/mol. The number of hydrogen-bond acceptors (Lipinski definition) is 9. The summed E-state index contributed by atoms with van der Waals surface area (Å²) in [5, 5.41) is 36.8. The molecule has 0 heterocycles. The zero-order valence-corrected chi connectivity index (χ0v) is 23.0. The van der Waals surface area contributed by atoms with Crippen LogP contribution in [0.3, 0.4) is 0 Å². The van der Waals surface area contributed by atoms with Crippen molar-refractivity contribution >= 4 is 23.2 Å². The van der Waals surface area contributed by atoms with E-state index in [1.807, 2.05) is 20.8 Å². The predicted molar refractivity (Wildman–Crippen MR) is 140 cm³/mol. The number of amides is 1. The Balaban J connectivity index is 1.90. The maximum atomic E-state index is 15.4. The van der Waals surface area contributed by atoms with Gasteiger partial charge in [0.2, 0.25) is 5.78 Å². The van der Waals surface area contributed by atoms with Crippen LogP contribution in [-0.4, -0.2) is 77.1 Å². The van der Waals surface area contributed by atoms with Crippen molar-refractivity contribution in [2.75, 3.05) is 27.7 Å². The summed E-state index contributed by atoms with van der Waals surface area (Å²) in [4.78, 5) is 41.2. The number of carbonyl (C=O) groups excluding carboxylic acids is 3. The van der Waals surface area contributed by atoms with Gasteiger partial charge >= 0.3 is 0 Å². The summed E-state index contributed by atoms with van der Waals surface area (Å²) in [5.41, 5.74) is 2.33. The largest absolute Gasteiger partial charge is 0.508 e. The van der Waals surface area contributed by atoms with Crippen LogP contribution in [-0.2, 0) is 32.1 Å². The molecule has 1 fully saturated rings. The third-order valence-corrected chi connectivity index (χ3v) is 8.01. The zero-order valence-electron chi connectivity index (χ0n) is 23.0. The molecule has 3 aliphatic rings. The average Bonchev–Trinajstić information content (AvgIpc) is 2.80. The molecule has 0 unspecified atom stereocenters. The molecular formula is C28H36FN3O7. The smallest absolute Gasteiger partial charge is 0.255 e. The first-order chi connectivity index (χ1) is 18.1. The summed E-state index contributed by atoms with van der Waals surface area (Å²) in [6.07, 6.45) is 0.00550. The average molecular weight is 546 g/mol. The van der Waals surface area contributed by atoms with Crippen molar-refractivity contribution in [3.05, 3.63) is 45.5 Å². The Morgan fingerprint density at radius 1 is 1.26 bits per heavy atom. The second-order valence-electron chi connectivity index (χ2n) is 12.0. The molecule has 3 aliphatic carbocycles. The summed E-state index contributed by atoms with van der Waals surface area (Å²) < 4.78 is 21.0. The predicted octanol–water partition coefficient (Wildman–Crippen LogP) is 1.89. The number of aliphatic hydroxyl groups excluding tert-OH is 2. The number of methoxy groups -OCH3 is 1. The van der Waals surface area contributed by atoms with Crippen LogP contribution in [0.15, 0.2) is 23.0 Å². The van der Waals surface area contributed by atoms with Crippen molar-refractivity contribution < 1.29 is 38.8 Å². The number of halogens is 1. The Labute approximate surface area is 226 Å². The van der Waals surface area contributed by atoms with Gasteiger partial charge in [-0.25, -0.2) is 4.39 Å². The normalized spacial score (nSPS) is 27.0. The third-order valence-electron chi connectivity index (χ3n) is 8.01. The van der Waals surface area contributed by atoms with E-state index in [0.717, 1.165) is 7.11 Å². The molecule has 212 valence electrons. The lowest BCUT2D eigenvalue weighted by Gasteiger charge is -2.51. The number of aliphatic hydroxyl groups is 2.